The fourth-order valence-corrected chi connectivity index (χ4v) is 2.92. The van der Waals surface area contributed by atoms with Crippen LogP contribution < -0.4 is 10.1 Å². The summed E-state index contributed by atoms with van der Waals surface area (Å²) in [7, 11) is 1.66. The van der Waals surface area contributed by atoms with Crippen molar-refractivity contribution in [2.45, 2.75) is 39.2 Å². The number of amides is 1. The Morgan fingerprint density at radius 1 is 1.17 bits per heavy atom. The zero-order valence-corrected chi connectivity index (χ0v) is 18.0. The first-order valence-electron chi connectivity index (χ1n) is 10.5. The molecular weight excluding hydrogens is 376 g/mol. The van der Waals surface area contributed by atoms with Gasteiger partial charge in [0.15, 0.2) is 0 Å². The molecule has 1 aromatic carbocycles. The first-order chi connectivity index (χ1) is 14.7. The number of carbonyl (C=O) groups excluding carboxylic acids is 1. The van der Waals surface area contributed by atoms with Crippen LogP contribution in [0, 0.1) is 0 Å². The molecule has 0 atom stereocenters. The monoisotopic (exact) mass is 408 g/mol. The smallest absolute Gasteiger partial charge is 0.244 e. The van der Waals surface area contributed by atoms with Gasteiger partial charge in [0, 0.05) is 25.0 Å². The summed E-state index contributed by atoms with van der Waals surface area (Å²) < 4.78 is 10.8. The number of ether oxygens (including phenoxy) is 2. The average molecular weight is 409 g/mol. The van der Waals surface area contributed by atoms with Crippen LogP contribution in [0.5, 0.6) is 5.75 Å². The molecule has 0 aliphatic heterocycles. The van der Waals surface area contributed by atoms with Crippen LogP contribution in [0.3, 0.4) is 0 Å². The fourth-order valence-electron chi connectivity index (χ4n) is 2.92. The Morgan fingerprint density at radius 3 is 2.70 bits per heavy atom. The van der Waals surface area contributed by atoms with Gasteiger partial charge >= 0.3 is 0 Å². The van der Waals surface area contributed by atoms with Crippen molar-refractivity contribution in [3.05, 3.63) is 78.1 Å². The molecule has 1 amide bonds. The molecule has 0 unspecified atom stereocenters. The van der Waals surface area contributed by atoms with Gasteiger partial charge in [-0.1, -0.05) is 50.1 Å². The standard InChI is InChI=1S/C25H32N2O3/c1-3-4-5-9-22(23-12-14-24(29-2)15-13-23)10-6-11-25(28)27-17-18-30-20-21-8-7-16-26-19-21/h6-8,10-16,19H,3-5,9,17-18,20H2,1-2H3,(H,27,28)/b11-6+,22-10+. The third-order valence-corrected chi connectivity index (χ3v) is 4.59. The lowest BCUT2D eigenvalue weighted by atomic mass is 9.99. The molecule has 1 heterocycles. The summed E-state index contributed by atoms with van der Waals surface area (Å²) in [4.78, 5) is 16.1. The lowest BCUT2D eigenvalue weighted by molar-refractivity contribution is -0.116. The Hall–Kier alpha value is -2.92. The molecular formula is C25H32N2O3. The maximum absolute atomic E-state index is 12.0. The number of nitrogens with one attached hydrogen (secondary N) is 1. The summed E-state index contributed by atoms with van der Waals surface area (Å²) in [5, 5.41) is 2.84. The molecule has 0 fully saturated rings. The van der Waals surface area contributed by atoms with Crippen LogP contribution in [0.4, 0.5) is 0 Å². The molecule has 30 heavy (non-hydrogen) atoms. The summed E-state index contributed by atoms with van der Waals surface area (Å²) >= 11 is 0. The molecule has 1 aromatic heterocycles. The van der Waals surface area contributed by atoms with E-state index >= 15 is 0 Å². The molecule has 1 N–H and O–H groups in total. The molecule has 2 aromatic rings. The molecule has 0 spiro atoms. The molecule has 5 heteroatoms. The van der Waals surface area contributed by atoms with E-state index in [0.717, 1.165) is 29.7 Å². The predicted octanol–water partition coefficient (Wildman–Crippen LogP) is 4.94. The van der Waals surface area contributed by atoms with Crippen molar-refractivity contribution >= 4 is 11.5 Å². The Labute approximate surface area is 179 Å². The van der Waals surface area contributed by atoms with Crippen LogP contribution in [0.2, 0.25) is 0 Å². The summed E-state index contributed by atoms with van der Waals surface area (Å²) in [6.07, 6.45) is 13.4. The molecule has 0 saturated heterocycles. The molecule has 0 aliphatic rings. The van der Waals surface area contributed by atoms with Gasteiger partial charge in [0.25, 0.3) is 0 Å². The Balaban J connectivity index is 1.80. The van der Waals surface area contributed by atoms with E-state index in [-0.39, 0.29) is 5.91 Å². The Kier molecular flexibility index (Phi) is 11.0. The molecule has 0 bridgehead atoms. The summed E-state index contributed by atoms with van der Waals surface area (Å²) in [6.45, 7) is 3.61. The van der Waals surface area contributed by atoms with E-state index < -0.39 is 0 Å². The number of rotatable bonds is 13. The third kappa shape index (κ3) is 9.05. The van der Waals surface area contributed by atoms with E-state index in [1.807, 2.05) is 36.4 Å². The first kappa shape index (κ1) is 23.4. The molecule has 0 aliphatic carbocycles. The second kappa shape index (κ2) is 14.1. The minimum Gasteiger partial charge on any atom is -0.497 e. The van der Waals surface area contributed by atoms with Gasteiger partial charge in [0.1, 0.15) is 5.75 Å². The quantitative estimate of drug-likeness (QED) is 0.290. The summed E-state index contributed by atoms with van der Waals surface area (Å²) in [6, 6.07) is 11.9. The van der Waals surface area contributed by atoms with Crippen LogP contribution in [-0.2, 0) is 16.1 Å². The number of allylic oxidation sites excluding steroid dienone is 3. The number of carbonyl (C=O) groups is 1. The van der Waals surface area contributed by atoms with Crippen LogP contribution in [0.25, 0.3) is 5.57 Å². The van der Waals surface area contributed by atoms with Gasteiger partial charge in [-0.25, -0.2) is 0 Å². The number of hydrogen-bond donors (Lipinski definition) is 1. The van der Waals surface area contributed by atoms with Gasteiger partial charge in [-0.3, -0.25) is 9.78 Å². The largest absolute Gasteiger partial charge is 0.497 e. The minimum absolute atomic E-state index is 0.126. The number of pyridine rings is 1. The topological polar surface area (TPSA) is 60.5 Å². The Morgan fingerprint density at radius 2 is 2.00 bits per heavy atom. The van der Waals surface area contributed by atoms with Gasteiger partial charge in [0.2, 0.25) is 5.91 Å². The fraction of sp³-hybridized carbons (Fsp3) is 0.360. The average Bonchev–Trinajstić information content (AvgIpc) is 2.79. The van der Waals surface area contributed by atoms with Crippen LogP contribution in [-0.4, -0.2) is 31.2 Å². The van der Waals surface area contributed by atoms with E-state index in [1.165, 1.54) is 18.4 Å². The van der Waals surface area contributed by atoms with E-state index in [4.69, 9.17) is 9.47 Å². The highest BCUT2D eigenvalue weighted by atomic mass is 16.5. The number of unbranched alkanes of at least 4 members (excludes halogenated alkanes) is 2. The van der Waals surface area contributed by atoms with Crippen LogP contribution in [0.1, 0.15) is 43.7 Å². The SMILES string of the molecule is CCCCC/C(=C\C=C\C(=O)NCCOCc1cccnc1)c1ccc(OC)cc1. The van der Waals surface area contributed by atoms with Crippen molar-refractivity contribution in [1.82, 2.24) is 10.3 Å². The second-order valence-corrected chi connectivity index (χ2v) is 6.94. The van der Waals surface area contributed by atoms with Crippen molar-refractivity contribution < 1.29 is 14.3 Å². The van der Waals surface area contributed by atoms with Crippen LogP contribution >= 0.6 is 0 Å². The van der Waals surface area contributed by atoms with Gasteiger partial charge in [-0.05, 0) is 47.7 Å². The molecule has 0 radical (unpaired) electrons. The number of aromatic nitrogens is 1. The zero-order chi connectivity index (χ0) is 21.4. The maximum Gasteiger partial charge on any atom is 0.244 e. The summed E-state index contributed by atoms with van der Waals surface area (Å²) in [5.41, 5.74) is 3.39. The third-order valence-electron chi connectivity index (χ3n) is 4.59. The first-order valence-corrected chi connectivity index (χ1v) is 10.5. The molecule has 160 valence electrons. The van der Waals surface area contributed by atoms with E-state index in [0.29, 0.717) is 19.8 Å². The van der Waals surface area contributed by atoms with Crippen molar-refractivity contribution in [3.63, 3.8) is 0 Å². The van der Waals surface area contributed by atoms with Crippen molar-refractivity contribution in [2.75, 3.05) is 20.3 Å². The highest BCUT2D eigenvalue weighted by Crippen LogP contribution is 2.23. The number of methoxy groups -OCH3 is 1. The highest BCUT2D eigenvalue weighted by molar-refractivity contribution is 5.88. The van der Waals surface area contributed by atoms with Crippen molar-refractivity contribution in [3.8, 4) is 5.75 Å². The second-order valence-electron chi connectivity index (χ2n) is 6.94. The van der Waals surface area contributed by atoms with Gasteiger partial charge in [0.05, 0.1) is 20.3 Å². The predicted molar refractivity (Wildman–Crippen MR) is 121 cm³/mol. The number of hydrogen-bond acceptors (Lipinski definition) is 4. The number of nitrogens with zero attached hydrogens (tertiary/aromatic N) is 1. The Bertz CT molecular complexity index is 799. The molecule has 2 rings (SSSR count). The van der Waals surface area contributed by atoms with Gasteiger partial charge in [-0.15, -0.1) is 0 Å². The van der Waals surface area contributed by atoms with E-state index in [1.54, 1.807) is 25.6 Å². The maximum atomic E-state index is 12.0. The lowest BCUT2D eigenvalue weighted by Crippen LogP contribution is -2.25. The zero-order valence-electron chi connectivity index (χ0n) is 18.0. The minimum atomic E-state index is -0.126. The van der Waals surface area contributed by atoms with E-state index in [9.17, 15) is 4.79 Å². The molecule has 5 nitrogen and oxygen atoms in total. The van der Waals surface area contributed by atoms with Crippen LogP contribution in [0.15, 0.2) is 67.0 Å². The molecule has 0 saturated carbocycles. The van der Waals surface area contributed by atoms with Crippen molar-refractivity contribution in [1.29, 1.82) is 0 Å². The number of benzene rings is 1. The summed E-state index contributed by atoms with van der Waals surface area (Å²) in [5.74, 6) is 0.714. The van der Waals surface area contributed by atoms with Crippen molar-refractivity contribution in [2.24, 2.45) is 0 Å². The normalized spacial score (nSPS) is 11.6. The van der Waals surface area contributed by atoms with Gasteiger partial charge < -0.3 is 14.8 Å². The highest BCUT2D eigenvalue weighted by Gasteiger charge is 2.02. The van der Waals surface area contributed by atoms with Gasteiger partial charge in [-0.2, -0.15) is 0 Å². The van der Waals surface area contributed by atoms with E-state index in [2.05, 4.69) is 29.4 Å². The lowest BCUT2D eigenvalue weighted by Gasteiger charge is -2.08.